The van der Waals surface area contributed by atoms with Gasteiger partial charge in [0.15, 0.2) is 0 Å². The number of fused-ring (bicyclic) bond motifs is 1. The van der Waals surface area contributed by atoms with Crippen molar-refractivity contribution in [3.8, 4) is 5.75 Å². The molecule has 2 amide bonds. The number of amides is 2. The van der Waals surface area contributed by atoms with Gasteiger partial charge in [-0.2, -0.15) is 0 Å². The zero-order valence-corrected chi connectivity index (χ0v) is 16.4. The number of aryl methyl sites for hydroxylation is 1. The van der Waals surface area contributed by atoms with E-state index in [4.69, 9.17) is 4.74 Å². The van der Waals surface area contributed by atoms with Crippen LogP contribution >= 0.6 is 15.9 Å². The highest BCUT2D eigenvalue weighted by atomic mass is 79.9. The lowest BCUT2D eigenvalue weighted by atomic mass is 10.1. The highest BCUT2D eigenvalue weighted by Crippen LogP contribution is 2.25. The monoisotopic (exact) mass is 415 g/mol. The van der Waals surface area contributed by atoms with Crippen molar-refractivity contribution in [1.82, 2.24) is 15.6 Å². The van der Waals surface area contributed by atoms with E-state index in [-0.39, 0.29) is 6.03 Å². The Morgan fingerprint density at radius 1 is 1.19 bits per heavy atom. The Bertz CT molecular complexity index is 921. The fourth-order valence-corrected chi connectivity index (χ4v) is 3.47. The molecule has 0 saturated heterocycles. The van der Waals surface area contributed by atoms with Crippen molar-refractivity contribution in [2.75, 3.05) is 13.7 Å². The van der Waals surface area contributed by atoms with Crippen LogP contribution in [0.3, 0.4) is 0 Å². The second-order valence-electron chi connectivity index (χ2n) is 6.19. The van der Waals surface area contributed by atoms with E-state index in [2.05, 4.69) is 56.7 Å². The Morgan fingerprint density at radius 3 is 2.81 bits per heavy atom. The predicted octanol–water partition coefficient (Wildman–Crippen LogP) is 4.29. The van der Waals surface area contributed by atoms with Crippen LogP contribution in [0.5, 0.6) is 5.75 Å². The number of aromatic nitrogens is 1. The number of ether oxygens (including phenoxy) is 1. The molecular weight excluding hydrogens is 394 g/mol. The first-order chi connectivity index (χ1) is 12.6. The Morgan fingerprint density at radius 2 is 2.04 bits per heavy atom. The number of methoxy groups -OCH3 is 1. The molecule has 3 rings (SSSR count). The largest absolute Gasteiger partial charge is 0.496 e. The van der Waals surface area contributed by atoms with E-state index in [9.17, 15) is 4.79 Å². The van der Waals surface area contributed by atoms with Gasteiger partial charge in [0, 0.05) is 30.2 Å². The Hall–Kier alpha value is -2.47. The molecule has 5 nitrogen and oxygen atoms in total. The van der Waals surface area contributed by atoms with Crippen molar-refractivity contribution < 1.29 is 9.53 Å². The lowest BCUT2D eigenvalue weighted by Crippen LogP contribution is -2.36. The standard InChI is InChI=1S/C20H22BrN3O2/c1-13-3-5-16-15(12-23-18(16)9-13)7-8-22-20(25)24-11-14-4-6-19(26-2)17(21)10-14/h3-6,9-10,12,23H,7-8,11H2,1-2H3,(H2,22,24,25). The molecule has 6 heteroatoms. The summed E-state index contributed by atoms with van der Waals surface area (Å²) < 4.78 is 6.07. The average Bonchev–Trinajstić information content (AvgIpc) is 3.02. The van der Waals surface area contributed by atoms with Crippen LogP contribution in [0.2, 0.25) is 0 Å². The number of benzene rings is 2. The molecule has 26 heavy (non-hydrogen) atoms. The van der Waals surface area contributed by atoms with Crippen molar-refractivity contribution in [3.63, 3.8) is 0 Å². The summed E-state index contributed by atoms with van der Waals surface area (Å²) in [5, 5.41) is 6.98. The van der Waals surface area contributed by atoms with Gasteiger partial charge >= 0.3 is 6.03 Å². The van der Waals surface area contributed by atoms with Crippen LogP contribution in [0.4, 0.5) is 4.79 Å². The van der Waals surface area contributed by atoms with Gasteiger partial charge in [0.2, 0.25) is 0 Å². The fourth-order valence-electron chi connectivity index (χ4n) is 2.88. The van der Waals surface area contributed by atoms with Gasteiger partial charge in [-0.05, 0) is 64.2 Å². The summed E-state index contributed by atoms with van der Waals surface area (Å²) in [5.41, 5.74) is 4.57. The molecule has 0 saturated carbocycles. The van der Waals surface area contributed by atoms with Crippen molar-refractivity contribution in [2.24, 2.45) is 0 Å². The molecule has 3 N–H and O–H groups in total. The topological polar surface area (TPSA) is 66.2 Å². The maximum atomic E-state index is 12.0. The van der Waals surface area contributed by atoms with Crippen molar-refractivity contribution in [2.45, 2.75) is 19.9 Å². The van der Waals surface area contributed by atoms with E-state index in [0.717, 1.165) is 27.7 Å². The lowest BCUT2D eigenvalue weighted by molar-refractivity contribution is 0.240. The maximum Gasteiger partial charge on any atom is 0.315 e. The molecule has 0 aliphatic carbocycles. The SMILES string of the molecule is COc1ccc(CNC(=O)NCCc2c[nH]c3cc(C)ccc23)cc1Br. The smallest absolute Gasteiger partial charge is 0.315 e. The average molecular weight is 416 g/mol. The van der Waals surface area contributed by atoms with E-state index in [0.29, 0.717) is 13.1 Å². The van der Waals surface area contributed by atoms with Gasteiger partial charge in [-0.25, -0.2) is 4.79 Å². The molecular formula is C20H22BrN3O2. The minimum atomic E-state index is -0.173. The molecule has 0 aliphatic heterocycles. The third-order valence-electron chi connectivity index (χ3n) is 4.27. The molecule has 3 aromatic rings. The number of aromatic amines is 1. The summed E-state index contributed by atoms with van der Waals surface area (Å²) in [5.74, 6) is 0.770. The minimum Gasteiger partial charge on any atom is -0.496 e. The molecule has 1 aromatic heterocycles. The lowest BCUT2D eigenvalue weighted by Gasteiger charge is -2.09. The molecule has 0 atom stereocenters. The predicted molar refractivity (Wildman–Crippen MR) is 108 cm³/mol. The molecule has 0 unspecified atom stereocenters. The molecule has 0 fully saturated rings. The first-order valence-electron chi connectivity index (χ1n) is 8.47. The van der Waals surface area contributed by atoms with Gasteiger partial charge in [-0.3, -0.25) is 0 Å². The summed E-state index contributed by atoms with van der Waals surface area (Å²) >= 11 is 3.45. The Labute approximate surface area is 161 Å². The second kappa shape index (κ2) is 8.27. The number of carbonyl (C=O) groups excluding carboxylic acids is 1. The van der Waals surface area contributed by atoms with Crippen LogP contribution in [-0.2, 0) is 13.0 Å². The molecule has 0 spiro atoms. The van der Waals surface area contributed by atoms with Crippen molar-refractivity contribution in [3.05, 3.63) is 63.8 Å². The van der Waals surface area contributed by atoms with E-state index >= 15 is 0 Å². The fraction of sp³-hybridized carbons (Fsp3) is 0.250. The summed E-state index contributed by atoms with van der Waals surface area (Å²) in [6.07, 6.45) is 2.79. The van der Waals surface area contributed by atoms with Gasteiger partial charge in [0.25, 0.3) is 0 Å². The quantitative estimate of drug-likeness (QED) is 0.561. The zero-order chi connectivity index (χ0) is 18.5. The first kappa shape index (κ1) is 18.3. The minimum absolute atomic E-state index is 0.173. The molecule has 0 bridgehead atoms. The Balaban J connectivity index is 1.47. The summed E-state index contributed by atoms with van der Waals surface area (Å²) in [6.45, 7) is 3.12. The van der Waals surface area contributed by atoms with Crippen LogP contribution < -0.4 is 15.4 Å². The third-order valence-corrected chi connectivity index (χ3v) is 4.89. The number of halogens is 1. The van der Waals surface area contributed by atoms with E-state index in [1.165, 1.54) is 16.5 Å². The number of rotatable bonds is 6. The van der Waals surface area contributed by atoms with Crippen molar-refractivity contribution in [1.29, 1.82) is 0 Å². The third kappa shape index (κ3) is 4.38. The van der Waals surface area contributed by atoms with E-state index in [1.54, 1.807) is 7.11 Å². The van der Waals surface area contributed by atoms with Crippen LogP contribution in [-0.4, -0.2) is 24.7 Å². The van der Waals surface area contributed by atoms with Crippen LogP contribution in [0.15, 0.2) is 47.1 Å². The van der Waals surface area contributed by atoms with Gasteiger partial charge in [-0.1, -0.05) is 18.2 Å². The highest BCUT2D eigenvalue weighted by molar-refractivity contribution is 9.10. The summed E-state index contributed by atoms with van der Waals surface area (Å²) in [7, 11) is 1.63. The Kier molecular flexibility index (Phi) is 5.83. The van der Waals surface area contributed by atoms with Crippen LogP contribution in [0.1, 0.15) is 16.7 Å². The number of urea groups is 1. The first-order valence-corrected chi connectivity index (χ1v) is 9.27. The van der Waals surface area contributed by atoms with E-state index < -0.39 is 0 Å². The van der Waals surface area contributed by atoms with Gasteiger partial charge in [0.1, 0.15) is 5.75 Å². The van der Waals surface area contributed by atoms with Gasteiger partial charge in [0.05, 0.1) is 11.6 Å². The van der Waals surface area contributed by atoms with E-state index in [1.807, 2.05) is 24.4 Å². The molecule has 136 valence electrons. The maximum absolute atomic E-state index is 12.0. The second-order valence-corrected chi connectivity index (χ2v) is 7.05. The van der Waals surface area contributed by atoms with Gasteiger partial charge in [-0.15, -0.1) is 0 Å². The zero-order valence-electron chi connectivity index (χ0n) is 14.9. The number of H-pyrrole nitrogens is 1. The number of nitrogens with one attached hydrogen (secondary N) is 3. The number of hydrogen-bond acceptors (Lipinski definition) is 2. The number of hydrogen-bond donors (Lipinski definition) is 3. The summed E-state index contributed by atoms with van der Waals surface area (Å²) in [4.78, 5) is 15.3. The normalized spacial score (nSPS) is 10.7. The molecule has 0 radical (unpaired) electrons. The van der Waals surface area contributed by atoms with Gasteiger partial charge < -0.3 is 20.4 Å². The van der Waals surface area contributed by atoms with Crippen molar-refractivity contribution >= 4 is 32.9 Å². The van der Waals surface area contributed by atoms with Crippen LogP contribution in [0, 0.1) is 6.92 Å². The number of carbonyl (C=O) groups is 1. The molecule has 0 aliphatic rings. The van der Waals surface area contributed by atoms with Crippen LogP contribution in [0.25, 0.3) is 10.9 Å². The summed E-state index contributed by atoms with van der Waals surface area (Å²) in [6, 6.07) is 11.9. The molecule has 2 aromatic carbocycles. The molecule has 1 heterocycles. The highest BCUT2D eigenvalue weighted by Gasteiger charge is 2.06.